The molecule has 18 heavy (non-hydrogen) atoms. The zero-order chi connectivity index (χ0) is 14.2. The van der Waals surface area contributed by atoms with Crippen LogP contribution < -0.4 is 0 Å². The Morgan fingerprint density at radius 1 is 0.944 bits per heavy atom. The van der Waals surface area contributed by atoms with Gasteiger partial charge < -0.3 is 5.11 Å². The number of allylic oxidation sites excluding steroid dienone is 1. The number of hydrogen-bond acceptors (Lipinski definition) is 1. The number of phenols is 1. The first-order chi connectivity index (χ1) is 8.06. The van der Waals surface area contributed by atoms with Gasteiger partial charge >= 0.3 is 17.8 Å². The summed E-state index contributed by atoms with van der Waals surface area (Å²) in [6.45, 7) is 2.42. The average Bonchev–Trinajstić information content (AvgIpc) is 2.29. The van der Waals surface area contributed by atoms with E-state index in [9.17, 15) is 26.3 Å². The van der Waals surface area contributed by atoms with Crippen LogP contribution in [0.15, 0.2) is 36.9 Å². The molecule has 0 saturated carbocycles. The lowest BCUT2D eigenvalue weighted by molar-refractivity contribution is -0.298. The monoisotopic (exact) mass is 270 g/mol. The Morgan fingerprint density at radius 2 is 1.39 bits per heavy atom. The van der Waals surface area contributed by atoms with Gasteiger partial charge in [-0.15, -0.1) is 0 Å². The maximum atomic E-state index is 13.4. The lowest BCUT2D eigenvalue weighted by atomic mass is 9.97. The second kappa shape index (κ2) is 4.22. The second-order valence-corrected chi connectivity index (χ2v) is 3.52. The summed E-state index contributed by atoms with van der Waals surface area (Å²) in [5.74, 6) is -16.2. The number of alkyl halides is 6. The lowest BCUT2D eigenvalue weighted by Gasteiger charge is -2.31. The molecule has 1 rings (SSSR count). The summed E-state index contributed by atoms with van der Waals surface area (Å²) < 4.78 is 78.6. The zero-order valence-corrected chi connectivity index (χ0v) is 8.81. The van der Waals surface area contributed by atoms with Gasteiger partial charge in [-0.3, -0.25) is 0 Å². The predicted molar refractivity (Wildman–Crippen MR) is 52.1 cm³/mol. The first-order valence-corrected chi connectivity index (χ1v) is 4.63. The third-order valence-corrected chi connectivity index (χ3v) is 2.30. The summed E-state index contributed by atoms with van der Waals surface area (Å²) in [5.41, 5.74) is -1.33. The smallest absolute Gasteiger partial charge is 0.380 e. The van der Waals surface area contributed by atoms with Gasteiger partial charge in [-0.05, 0) is 30.3 Å². The van der Waals surface area contributed by atoms with Crippen LogP contribution in [0.4, 0.5) is 26.3 Å². The van der Waals surface area contributed by atoms with Gasteiger partial charge in [-0.25, -0.2) is 0 Å². The molecule has 0 aliphatic rings. The third kappa shape index (κ3) is 2.04. The number of rotatable bonds is 4. The van der Waals surface area contributed by atoms with E-state index >= 15 is 0 Å². The number of halogens is 6. The van der Waals surface area contributed by atoms with Crippen LogP contribution in [-0.2, 0) is 5.92 Å². The van der Waals surface area contributed by atoms with Crippen LogP contribution in [0.5, 0.6) is 5.75 Å². The Balaban J connectivity index is 3.28. The second-order valence-electron chi connectivity index (χ2n) is 3.52. The molecule has 0 spiro atoms. The van der Waals surface area contributed by atoms with Crippen LogP contribution in [0.25, 0.3) is 0 Å². The summed E-state index contributed by atoms with van der Waals surface area (Å²) in [4.78, 5) is 0. The molecule has 0 saturated heterocycles. The van der Waals surface area contributed by atoms with Gasteiger partial charge in [0, 0.05) is 5.56 Å². The zero-order valence-electron chi connectivity index (χ0n) is 8.81. The average molecular weight is 270 g/mol. The molecule has 100 valence electrons. The van der Waals surface area contributed by atoms with Crippen molar-refractivity contribution in [2.45, 2.75) is 17.8 Å². The minimum absolute atomic E-state index is 0.447. The van der Waals surface area contributed by atoms with Crippen molar-refractivity contribution < 1.29 is 31.4 Å². The molecule has 1 aromatic carbocycles. The topological polar surface area (TPSA) is 20.2 Å². The summed E-state index contributed by atoms with van der Waals surface area (Å²) in [6.07, 6.45) is -0.526. The quantitative estimate of drug-likeness (QED) is 0.649. The molecule has 0 aliphatic heterocycles. The van der Waals surface area contributed by atoms with Crippen LogP contribution in [0.2, 0.25) is 0 Å². The standard InChI is InChI=1S/C11H8F6O/c1-2-9(12,13)11(16,17)10(14,15)7-3-5-8(18)6-4-7/h2-6,18H,1H2. The van der Waals surface area contributed by atoms with Crippen molar-refractivity contribution in [3.8, 4) is 5.75 Å². The molecule has 0 aliphatic carbocycles. The van der Waals surface area contributed by atoms with E-state index in [1.54, 1.807) is 0 Å². The number of phenolic OH excluding ortho intramolecular Hbond substituents is 1. The maximum Gasteiger partial charge on any atom is 0.380 e. The first-order valence-electron chi connectivity index (χ1n) is 4.63. The molecule has 0 fully saturated rings. The highest BCUT2D eigenvalue weighted by atomic mass is 19.3. The first kappa shape index (κ1) is 14.4. The Bertz CT molecular complexity index is 437. The highest BCUT2D eigenvalue weighted by molar-refractivity contribution is 5.31. The van der Waals surface area contributed by atoms with Gasteiger partial charge in [-0.2, -0.15) is 26.3 Å². The fourth-order valence-corrected chi connectivity index (χ4v) is 1.19. The van der Waals surface area contributed by atoms with Crippen molar-refractivity contribution >= 4 is 0 Å². The Hall–Kier alpha value is -1.66. The third-order valence-electron chi connectivity index (χ3n) is 2.30. The van der Waals surface area contributed by atoms with E-state index in [4.69, 9.17) is 5.11 Å². The molecule has 7 heteroatoms. The van der Waals surface area contributed by atoms with Crippen LogP contribution in [0.3, 0.4) is 0 Å². The van der Waals surface area contributed by atoms with Crippen LogP contribution >= 0.6 is 0 Å². The number of aromatic hydroxyl groups is 1. The highest BCUT2D eigenvalue weighted by Gasteiger charge is 2.70. The highest BCUT2D eigenvalue weighted by Crippen LogP contribution is 2.51. The molecule has 0 amide bonds. The molecule has 0 unspecified atom stereocenters. The Labute approximate surface area is 98.4 Å². The Kier molecular flexibility index (Phi) is 3.38. The predicted octanol–water partition coefficient (Wildman–Crippen LogP) is 3.94. The maximum absolute atomic E-state index is 13.4. The molecule has 0 atom stereocenters. The van der Waals surface area contributed by atoms with Gasteiger partial charge in [0.15, 0.2) is 0 Å². The Morgan fingerprint density at radius 3 is 1.78 bits per heavy atom. The minimum atomic E-state index is -5.63. The van der Waals surface area contributed by atoms with E-state index in [-0.39, 0.29) is 0 Å². The van der Waals surface area contributed by atoms with Crippen molar-refractivity contribution in [3.05, 3.63) is 42.5 Å². The summed E-state index contributed by atoms with van der Waals surface area (Å²) in [6, 6.07) is 2.29. The van der Waals surface area contributed by atoms with Gasteiger partial charge in [-0.1, -0.05) is 6.58 Å². The normalized spacial score (nSPS) is 13.4. The van der Waals surface area contributed by atoms with Crippen molar-refractivity contribution in [1.82, 2.24) is 0 Å². The van der Waals surface area contributed by atoms with E-state index in [1.807, 2.05) is 0 Å². The minimum Gasteiger partial charge on any atom is -0.508 e. The van der Waals surface area contributed by atoms with E-state index < -0.39 is 35.2 Å². The molecule has 1 N–H and O–H groups in total. The van der Waals surface area contributed by atoms with Crippen LogP contribution in [0, 0.1) is 0 Å². The molecule has 0 bridgehead atoms. The molecular weight excluding hydrogens is 262 g/mol. The SMILES string of the molecule is C=CC(F)(F)C(F)(F)C(F)(F)c1ccc(O)cc1. The lowest BCUT2D eigenvalue weighted by Crippen LogP contribution is -2.51. The molecule has 1 nitrogen and oxygen atoms in total. The van der Waals surface area contributed by atoms with E-state index in [1.165, 1.54) is 0 Å². The van der Waals surface area contributed by atoms with Crippen molar-refractivity contribution in [2.75, 3.05) is 0 Å². The van der Waals surface area contributed by atoms with Crippen molar-refractivity contribution in [1.29, 1.82) is 0 Å². The van der Waals surface area contributed by atoms with E-state index in [0.717, 1.165) is 0 Å². The van der Waals surface area contributed by atoms with Crippen LogP contribution in [0.1, 0.15) is 5.56 Å². The fourth-order valence-electron chi connectivity index (χ4n) is 1.19. The summed E-state index contributed by atoms with van der Waals surface area (Å²) in [5, 5.41) is 8.83. The van der Waals surface area contributed by atoms with Crippen molar-refractivity contribution in [3.63, 3.8) is 0 Å². The van der Waals surface area contributed by atoms with Crippen molar-refractivity contribution in [2.24, 2.45) is 0 Å². The molecule has 0 aromatic heterocycles. The molecular formula is C11H8F6O. The number of benzene rings is 1. The van der Waals surface area contributed by atoms with Gasteiger partial charge in [0.1, 0.15) is 5.75 Å². The molecule has 0 radical (unpaired) electrons. The summed E-state index contributed by atoms with van der Waals surface area (Å²) >= 11 is 0. The van der Waals surface area contributed by atoms with E-state index in [2.05, 4.69) is 6.58 Å². The van der Waals surface area contributed by atoms with E-state index in [0.29, 0.717) is 24.3 Å². The van der Waals surface area contributed by atoms with Gasteiger partial charge in [0.25, 0.3) is 0 Å². The molecule has 1 aromatic rings. The largest absolute Gasteiger partial charge is 0.508 e. The number of hydrogen-bond donors (Lipinski definition) is 1. The van der Waals surface area contributed by atoms with Gasteiger partial charge in [0.2, 0.25) is 0 Å². The fraction of sp³-hybridized carbons (Fsp3) is 0.273. The summed E-state index contributed by atoms with van der Waals surface area (Å²) in [7, 11) is 0. The molecule has 0 heterocycles. The van der Waals surface area contributed by atoms with Gasteiger partial charge in [0.05, 0.1) is 0 Å². The van der Waals surface area contributed by atoms with Crippen LogP contribution in [-0.4, -0.2) is 17.0 Å².